The summed E-state index contributed by atoms with van der Waals surface area (Å²) < 4.78 is 15.1. The molecule has 372 valence electrons. The molecule has 0 saturated carbocycles. The number of carbonyl (C=O) groups excluding carboxylic acids is 5. The molecule has 1 atom stereocenters. The second-order valence-corrected chi connectivity index (χ2v) is 17.8. The highest BCUT2D eigenvalue weighted by molar-refractivity contribution is 6.29. The van der Waals surface area contributed by atoms with Crippen LogP contribution in [0.1, 0.15) is 104 Å². The number of likely N-dealkylation sites (N-methyl/N-ethyl adjacent to an activating group) is 1. The van der Waals surface area contributed by atoms with Gasteiger partial charge in [0, 0.05) is 115 Å². The maximum atomic E-state index is 15.1. The molecule has 4 saturated heterocycles. The molecule has 2 aromatic heterocycles. The van der Waals surface area contributed by atoms with Gasteiger partial charge in [-0.05, 0) is 67.5 Å². The van der Waals surface area contributed by atoms with Crippen molar-refractivity contribution < 1.29 is 28.4 Å². The molecule has 0 spiro atoms. The molecule has 2 N–H and O–H groups in total. The van der Waals surface area contributed by atoms with E-state index >= 15 is 4.39 Å². The Bertz CT molecular complexity index is 2480. The molecule has 0 bridgehead atoms. The fourth-order valence-electron chi connectivity index (χ4n) is 9.58. The number of piperidine rings is 2. The summed E-state index contributed by atoms with van der Waals surface area (Å²) in [6, 6.07) is 13.4. The quantitative estimate of drug-likeness (QED) is 0.174. The van der Waals surface area contributed by atoms with Crippen LogP contribution in [0.2, 0.25) is 0 Å². The van der Waals surface area contributed by atoms with E-state index in [4.69, 9.17) is 11.6 Å². The molecular weight excluding hydrogens is 903 g/mol. The third-order valence-corrected chi connectivity index (χ3v) is 13.7. The molecule has 8 rings (SSSR count). The van der Waals surface area contributed by atoms with Crippen LogP contribution in [-0.2, 0) is 20.8 Å². The minimum absolute atomic E-state index is 0.0134. The SMILES string of the molecule is CC.CC.CCN1CC(c2cnc(C(=O)N3CCC(CN4CCN(CC(=O)N5CCN(C(=O)c6cc(Cc7n[nH]c(=O)c8ccccc78)ccc6F)CC5)CC4)CC3)c(NC(=O)CCl)c2)CCC1=O. The lowest BCUT2D eigenvalue weighted by Gasteiger charge is -2.40. The first-order chi connectivity index (χ1) is 33.5. The second-order valence-electron chi connectivity index (χ2n) is 17.5. The van der Waals surface area contributed by atoms with Crippen molar-refractivity contribution in [2.45, 2.75) is 72.6 Å². The van der Waals surface area contributed by atoms with Gasteiger partial charge in [-0.2, -0.15) is 5.10 Å². The van der Waals surface area contributed by atoms with E-state index in [1.54, 1.807) is 45.2 Å². The van der Waals surface area contributed by atoms with Crippen molar-refractivity contribution >= 4 is 57.6 Å². The van der Waals surface area contributed by atoms with Crippen molar-refractivity contribution in [3.8, 4) is 0 Å². The molecule has 4 fully saturated rings. The monoisotopic (exact) mass is 970 g/mol. The fourth-order valence-corrected chi connectivity index (χ4v) is 9.64. The van der Waals surface area contributed by atoms with E-state index in [9.17, 15) is 28.8 Å². The molecular formula is C51H68ClFN10O6. The molecule has 0 radical (unpaired) electrons. The van der Waals surface area contributed by atoms with Gasteiger partial charge in [-0.15, -0.1) is 11.6 Å². The number of H-pyrrole nitrogens is 1. The first-order valence-electron chi connectivity index (χ1n) is 24.7. The molecule has 69 heavy (non-hydrogen) atoms. The minimum atomic E-state index is -0.615. The fraction of sp³-hybridized carbons (Fsp3) is 0.529. The number of likely N-dealkylation sites (tertiary alicyclic amines) is 2. The lowest BCUT2D eigenvalue weighted by molar-refractivity contribution is -0.134. The maximum absolute atomic E-state index is 15.1. The molecule has 4 aliphatic heterocycles. The highest BCUT2D eigenvalue weighted by Crippen LogP contribution is 2.31. The summed E-state index contributed by atoms with van der Waals surface area (Å²) >= 11 is 5.83. The predicted octanol–water partition coefficient (Wildman–Crippen LogP) is 5.46. The average molecular weight is 972 g/mol. The number of piperazine rings is 2. The summed E-state index contributed by atoms with van der Waals surface area (Å²) in [6.07, 6.45) is 4.81. The van der Waals surface area contributed by atoms with Crippen LogP contribution in [0.5, 0.6) is 0 Å². The summed E-state index contributed by atoms with van der Waals surface area (Å²) in [5.74, 6) is -1.33. The zero-order chi connectivity index (χ0) is 49.6. The van der Waals surface area contributed by atoms with Crippen LogP contribution in [-0.4, -0.2) is 172 Å². The van der Waals surface area contributed by atoms with Gasteiger partial charge in [-0.1, -0.05) is 52.0 Å². The molecule has 4 aliphatic rings. The average Bonchev–Trinajstić information content (AvgIpc) is 3.39. The van der Waals surface area contributed by atoms with Crippen LogP contribution >= 0.6 is 11.6 Å². The highest BCUT2D eigenvalue weighted by Gasteiger charge is 2.32. The Morgan fingerprint density at radius 3 is 2.13 bits per heavy atom. The number of hydrogen-bond acceptors (Lipinski definition) is 10. The van der Waals surface area contributed by atoms with Crippen LogP contribution in [0.25, 0.3) is 10.8 Å². The number of alkyl halides is 1. The van der Waals surface area contributed by atoms with Crippen LogP contribution < -0.4 is 10.9 Å². The van der Waals surface area contributed by atoms with Gasteiger partial charge in [0.15, 0.2) is 5.69 Å². The van der Waals surface area contributed by atoms with E-state index in [0.29, 0.717) is 112 Å². The summed E-state index contributed by atoms with van der Waals surface area (Å²) in [4.78, 5) is 93.8. The van der Waals surface area contributed by atoms with Gasteiger partial charge in [0.25, 0.3) is 17.4 Å². The Labute approximate surface area is 409 Å². The van der Waals surface area contributed by atoms with Gasteiger partial charge in [-0.25, -0.2) is 14.5 Å². The number of pyridine rings is 1. The number of amides is 5. The highest BCUT2D eigenvalue weighted by atomic mass is 35.5. The number of hydrogen-bond donors (Lipinski definition) is 2. The third-order valence-electron chi connectivity index (χ3n) is 13.4. The number of fused-ring (bicyclic) bond motifs is 1. The molecule has 5 amide bonds. The number of benzene rings is 2. The lowest BCUT2D eigenvalue weighted by atomic mass is 9.90. The van der Waals surface area contributed by atoms with Crippen molar-refractivity contribution in [1.82, 2.24) is 44.6 Å². The van der Waals surface area contributed by atoms with Gasteiger partial charge in [-0.3, -0.25) is 33.7 Å². The number of carbonyl (C=O) groups is 5. The molecule has 6 heterocycles. The molecule has 0 aliphatic carbocycles. The van der Waals surface area contributed by atoms with Gasteiger partial charge in [0.1, 0.15) is 11.7 Å². The first kappa shape index (κ1) is 52.6. The molecule has 16 nitrogen and oxygen atoms in total. The van der Waals surface area contributed by atoms with E-state index in [0.717, 1.165) is 51.1 Å². The van der Waals surface area contributed by atoms with Crippen LogP contribution in [0.15, 0.2) is 59.5 Å². The number of nitrogens with one attached hydrogen (secondary N) is 2. The Hall–Kier alpha value is -5.78. The molecule has 4 aromatic rings. The van der Waals surface area contributed by atoms with E-state index in [2.05, 4.69) is 30.3 Å². The van der Waals surface area contributed by atoms with Crippen LogP contribution in [0, 0.1) is 11.7 Å². The Balaban J connectivity index is 0.00000191. The number of aromatic amines is 1. The van der Waals surface area contributed by atoms with Gasteiger partial charge in [0.2, 0.25) is 17.7 Å². The summed E-state index contributed by atoms with van der Waals surface area (Å²) in [7, 11) is 0. The number of aromatic nitrogens is 3. The smallest absolute Gasteiger partial charge is 0.274 e. The topological polar surface area (TPSA) is 175 Å². The Kier molecular flexibility index (Phi) is 19.2. The minimum Gasteiger partial charge on any atom is -0.342 e. The van der Waals surface area contributed by atoms with E-state index in [1.165, 1.54) is 6.07 Å². The third kappa shape index (κ3) is 13.1. The van der Waals surface area contributed by atoms with Crippen LogP contribution in [0.4, 0.5) is 10.1 Å². The van der Waals surface area contributed by atoms with Crippen molar-refractivity contribution in [2.75, 3.05) is 103 Å². The van der Waals surface area contributed by atoms with Gasteiger partial charge < -0.3 is 29.8 Å². The number of nitrogens with zero attached hydrogens (tertiary/aromatic N) is 8. The maximum Gasteiger partial charge on any atom is 0.274 e. The van der Waals surface area contributed by atoms with E-state index < -0.39 is 17.6 Å². The first-order valence-corrected chi connectivity index (χ1v) is 25.2. The van der Waals surface area contributed by atoms with Gasteiger partial charge >= 0.3 is 0 Å². The predicted molar refractivity (Wildman–Crippen MR) is 266 cm³/mol. The Morgan fingerprint density at radius 2 is 1.45 bits per heavy atom. The van der Waals surface area contributed by atoms with Crippen molar-refractivity contribution in [3.05, 3.63) is 99.0 Å². The standard InChI is InChI=1S/C47H56ClFN10O6.2C2H6/c1-2-56-29-33(8-10-42(56)61)34-25-40(51-41(60)26-48)44(50-27-34)47(65)58-13-11-31(12-14-58)28-54-15-17-55(18-16-54)30-43(62)57-19-21-59(22-20-57)46(64)37-23-32(7-9-38(37)49)24-39-35-5-3-4-6-36(35)45(63)53-52-39;2*1-2/h3-7,9,23,25,27,31,33H,2,8,10-22,24,26,28-30H2,1H3,(H,51,60)(H,53,63);2*1-2H3. The molecule has 1 unspecified atom stereocenters. The molecule has 2 aromatic carbocycles. The lowest BCUT2D eigenvalue weighted by Crippen LogP contribution is -2.55. The van der Waals surface area contributed by atoms with Crippen molar-refractivity contribution in [2.24, 2.45) is 5.92 Å². The molecule has 18 heteroatoms. The van der Waals surface area contributed by atoms with Crippen LogP contribution in [0.3, 0.4) is 0 Å². The number of halogens is 2. The largest absolute Gasteiger partial charge is 0.342 e. The summed E-state index contributed by atoms with van der Waals surface area (Å²) in [5.41, 5.74) is 2.39. The van der Waals surface area contributed by atoms with E-state index in [1.807, 2.05) is 57.7 Å². The van der Waals surface area contributed by atoms with Crippen molar-refractivity contribution in [3.63, 3.8) is 0 Å². The summed E-state index contributed by atoms with van der Waals surface area (Å²) in [5, 5.41) is 10.7. The Morgan fingerprint density at radius 1 is 0.797 bits per heavy atom. The number of anilines is 1. The van der Waals surface area contributed by atoms with E-state index in [-0.39, 0.29) is 46.3 Å². The van der Waals surface area contributed by atoms with Gasteiger partial charge in [0.05, 0.1) is 28.9 Å². The van der Waals surface area contributed by atoms with Crippen molar-refractivity contribution in [1.29, 1.82) is 0 Å². The zero-order valence-electron chi connectivity index (χ0n) is 40.8. The summed E-state index contributed by atoms with van der Waals surface area (Å²) in [6.45, 7) is 18.0. The zero-order valence-corrected chi connectivity index (χ0v) is 41.5. The second kappa shape index (κ2) is 25.2. The normalized spacial score (nSPS) is 18.2. The number of rotatable bonds is 12.